The van der Waals surface area contributed by atoms with Crippen molar-refractivity contribution in [3.05, 3.63) is 53.3 Å². The number of aliphatic hydroxyl groups excluding tert-OH is 1. The predicted octanol–water partition coefficient (Wildman–Crippen LogP) is 2.06. The van der Waals surface area contributed by atoms with E-state index < -0.39 is 12.1 Å². The van der Waals surface area contributed by atoms with Gasteiger partial charge in [0.2, 0.25) is 0 Å². The molecule has 7 nitrogen and oxygen atoms in total. The molecule has 7 heteroatoms. The molecule has 2 atom stereocenters. The Morgan fingerprint density at radius 3 is 3.00 bits per heavy atom. The summed E-state index contributed by atoms with van der Waals surface area (Å²) in [6, 6.07) is 8.82. The zero-order chi connectivity index (χ0) is 17.6. The molecule has 3 aromatic rings. The number of pyridine rings is 1. The summed E-state index contributed by atoms with van der Waals surface area (Å²) in [5.74, 6) is 0. The van der Waals surface area contributed by atoms with Crippen LogP contribution in [0.1, 0.15) is 22.9 Å². The smallest absolute Gasteiger partial charge is 0.319 e. The number of amides is 2. The van der Waals surface area contributed by atoms with Crippen molar-refractivity contribution in [2.75, 3.05) is 5.32 Å². The van der Waals surface area contributed by atoms with E-state index in [9.17, 15) is 9.90 Å². The minimum Gasteiger partial charge on any atom is -0.390 e. The fraction of sp³-hybridized carbons (Fsp3) is 0.278. The van der Waals surface area contributed by atoms with Gasteiger partial charge < -0.3 is 15.7 Å². The summed E-state index contributed by atoms with van der Waals surface area (Å²) < 4.78 is 1.71. The van der Waals surface area contributed by atoms with Crippen molar-refractivity contribution in [3.8, 4) is 0 Å². The number of fused-ring (bicyclic) bond motifs is 2. The number of carbonyl (C=O) groups excluding carboxylic acids is 1. The van der Waals surface area contributed by atoms with E-state index in [0.717, 1.165) is 27.9 Å². The molecule has 25 heavy (non-hydrogen) atoms. The van der Waals surface area contributed by atoms with Crippen LogP contribution in [0.25, 0.3) is 11.0 Å². The normalized spacial score (nSPS) is 19.0. The van der Waals surface area contributed by atoms with Gasteiger partial charge in [-0.25, -0.2) is 9.78 Å². The van der Waals surface area contributed by atoms with Crippen LogP contribution >= 0.6 is 0 Å². The van der Waals surface area contributed by atoms with E-state index in [-0.39, 0.29) is 6.03 Å². The summed E-state index contributed by atoms with van der Waals surface area (Å²) in [5.41, 5.74) is 4.23. The minimum absolute atomic E-state index is 0.372. The molecule has 0 aliphatic heterocycles. The lowest BCUT2D eigenvalue weighted by atomic mass is 10.1. The number of hydrogen-bond donors (Lipinski definition) is 3. The summed E-state index contributed by atoms with van der Waals surface area (Å²) in [6.45, 7) is 1.90. The molecule has 2 amide bonds. The molecule has 4 rings (SSSR count). The Kier molecular flexibility index (Phi) is 3.65. The highest BCUT2D eigenvalue weighted by Crippen LogP contribution is 2.31. The Bertz CT molecular complexity index is 965. The molecule has 2 heterocycles. The minimum atomic E-state index is -0.621. The predicted molar refractivity (Wildman–Crippen MR) is 94.3 cm³/mol. The maximum absolute atomic E-state index is 12.4. The fourth-order valence-electron chi connectivity index (χ4n) is 3.43. The van der Waals surface area contributed by atoms with Crippen LogP contribution in [0.2, 0.25) is 0 Å². The van der Waals surface area contributed by atoms with E-state index in [1.807, 2.05) is 44.3 Å². The lowest BCUT2D eigenvalue weighted by molar-refractivity contribution is 0.144. The first-order chi connectivity index (χ1) is 12.0. The van der Waals surface area contributed by atoms with Crippen LogP contribution < -0.4 is 10.6 Å². The number of hydrogen-bond acceptors (Lipinski definition) is 4. The molecular formula is C18H19N5O2. The number of rotatable bonds is 2. The van der Waals surface area contributed by atoms with Gasteiger partial charge in [0, 0.05) is 18.9 Å². The van der Waals surface area contributed by atoms with Crippen LogP contribution in [0.3, 0.4) is 0 Å². The second-order valence-corrected chi connectivity index (χ2v) is 6.35. The number of aromatic nitrogens is 3. The standard InChI is InChI=1S/C18H19N5O2/c1-10-14-8-12(9-19-17(14)23(2)22-10)20-18(25)21-16-13-6-4-3-5-11(13)7-15(16)24/h3-6,8-9,15-16,24H,7H2,1-2H3,(H2,20,21,25)/t15-,16+/m0/s1. The second kappa shape index (κ2) is 5.86. The van der Waals surface area contributed by atoms with Crippen LogP contribution in [0.4, 0.5) is 10.5 Å². The summed E-state index contributed by atoms with van der Waals surface area (Å²) in [5, 5.41) is 21.1. The second-order valence-electron chi connectivity index (χ2n) is 6.35. The molecule has 1 aliphatic carbocycles. The summed E-state index contributed by atoms with van der Waals surface area (Å²) >= 11 is 0. The zero-order valence-electron chi connectivity index (χ0n) is 14.0. The first kappa shape index (κ1) is 15.6. The summed E-state index contributed by atoms with van der Waals surface area (Å²) in [7, 11) is 1.83. The maximum atomic E-state index is 12.4. The third-order valence-corrected chi connectivity index (χ3v) is 4.61. The molecule has 128 valence electrons. The van der Waals surface area contributed by atoms with Gasteiger partial charge in [-0.15, -0.1) is 0 Å². The highest BCUT2D eigenvalue weighted by molar-refractivity contribution is 5.92. The van der Waals surface area contributed by atoms with Gasteiger partial charge in [0.1, 0.15) is 0 Å². The highest BCUT2D eigenvalue weighted by Gasteiger charge is 2.31. The number of aryl methyl sites for hydroxylation is 2. The van der Waals surface area contributed by atoms with Crippen molar-refractivity contribution < 1.29 is 9.90 Å². The van der Waals surface area contributed by atoms with Crippen LogP contribution in [0.15, 0.2) is 36.5 Å². The van der Waals surface area contributed by atoms with Crippen LogP contribution in [-0.4, -0.2) is 32.0 Å². The third kappa shape index (κ3) is 2.72. The van der Waals surface area contributed by atoms with Crippen LogP contribution in [-0.2, 0) is 13.5 Å². The van der Waals surface area contributed by atoms with Gasteiger partial charge in [0.15, 0.2) is 5.65 Å². The zero-order valence-corrected chi connectivity index (χ0v) is 14.0. The molecule has 0 fully saturated rings. The number of aliphatic hydroxyl groups is 1. The van der Waals surface area contributed by atoms with Gasteiger partial charge in [-0.2, -0.15) is 5.10 Å². The third-order valence-electron chi connectivity index (χ3n) is 4.61. The Hall–Kier alpha value is -2.93. The van der Waals surface area contributed by atoms with Crippen LogP contribution in [0, 0.1) is 6.92 Å². The fourth-order valence-corrected chi connectivity index (χ4v) is 3.43. The SMILES string of the molecule is Cc1nn(C)c2ncc(NC(=O)N[C@@H]3c4ccccc4C[C@@H]3O)cc12. The van der Waals surface area contributed by atoms with E-state index >= 15 is 0 Å². The number of urea groups is 1. The Balaban J connectivity index is 1.52. The van der Waals surface area contributed by atoms with E-state index in [2.05, 4.69) is 20.7 Å². The average Bonchev–Trinajstić information content (AvgIpc) is 3.04. The van der Waals surface area contributed by atoms with Crippen molar-refractivity contribution in [2.24, 2.45) is 7.05 Å². The van der Waals surface area contributed by atoms with Crippen molar-refractivity contribution in [1.29, 1.82) is 0 Å². The van der Waals surface area contributed by atoms with Crippen molar-refractivity contribution in [3.63, 3.8) is 0 Å². The van der Waals surface area contributed by atoms with E-state index in [0.29, 0.717) is 12.1 Å². The van der Waals surface area contributed by atoms with Crippen LogP contribution in [0.5, 0.6) is 0 Å². The van der Waals surface area contributed by atoms with Gasteiger partial charge in [-0.1, -0.05) is 24.3 Å². The summed E-state index contributed by atoms with van der Waals surface area (Å²) in [4.78, 5) is 16.7. The Morgan fingerprint density at radius 2 is 2.16 bits per heavy atom. The van der Waals surface area contributed by atoms with Gasteiger partial charge in [-0.3, -0.25) is 4.68 Å². The quantitative estimate of drug-likeness (QED) is 0.667. The number of nitrogens with one attached hydrogen (secondary N) is 2. The first-order valence-electron chi connectivity index (χ1n) is 8.15. The summed E-state index contributed by atoms with van der Waals surface area (Å²) in [6.07, 6.45) is 1.52. The monoisotopic (exact) mass is 337 g/mol. The number of anilines is 1. The van der Waals surface area contributed by atoms with E-state index in [4.69, 9.17) is 0 Å². The Morgan fingerprint density at radius 1 is 1.36 bits per heavy atom. The average molecular weight is 337 g/mol. The van der Waals surface area contributed by atoms with Gasteiger partial charge in [-0.05, 0) is 24.1 Å². The lowest BCUT2D eigenvalue weighted by Crippen LogP contribution is -2.36. The molecule has 1 aromatic carbocycles. The van der Waals surface area contributed by atoms with Crippen molar-refractivity contribution in [1.82, 2.24) is 20.1 Å². The Labute approximate surface area is 144 Å². The number of nitrogens with zero attached hydrogens (tertiary/aromatic N) is 3. The largest absolute Gasteiger partial charge is 0.390 e. The molecule has 0 radical (unpaired) electrons. The lowest BCUT2D eigenvalue weighted by Gasteiger charge is -2.18. The van der Waals surface area contributed by atoms with Crippen molar-refractivity contribution in [2.45, 2.75) is 25.5 Å². The van der Waals surface area contributed by atoms with Gasteiger partial charge in [0.25, 0.3) is 0 Å². The van der Waals surface area contributed by atoms with E-state index in [1.54, 1.807) is 10.9 Å². The highest BCUT2D eigenvalue weighted by atomic mass is 16.3. The number of benzene rings is 1. The molecule has 0 unspecified atom stereocenters. The van der Waals surface area contributed by atoms with E-state index in [1.165, 1.54) is 0 Å². The molecule has 0 saturated carbocycles. The molecule has 0 bridgehead atoms. The van der Waals surface area contributed by atoms with Gasteiger partial charge >= 0.3 is 6.03 Å². The topological polar surface area (TPSA) is 92.1 Å². The molecule has 0 saturated heterocycles. The molecule has 0 spiro atoms. The first-order valence-corrected chi connectivity index (χ1v) is 8.15. The molecule has 3 N–H and O–H groups in total. The molecule has 2 aromatic heterocycles. The number of carbonyl (C=O) groups is 1. The molecule has 1 aliphatic rings. The maximum Gasteiger partial charge on any atom is 0.319 e. The van der Waals surface area contributed by atoms with Crippen molar-refractivity contribution >= 4 is 22.8 Å². The van der Waals surface area contributed by atoms with Gasteiger partial charge in [0.05, 0.1) is 29.7 Å². The molecular weight excluding hydrogens is 318 g/mol.